The minimum absolute atomic E-state index is 0.178. The molecule has 2 aliphatic carbocycles. The normalized spacial score (nSPS) is 27.9. The standard InChI is InChI=1S/C21H29N3O2/c1-2-23-10-12-24(13-11-23)19(25)14-15-6-8-16(9-7-15)22-21(26)20-17-4-3-5-18(17)20/h6-9,17-18,20H,2-5,10-14H2,1H3,(H,22,26). The highest BCUT2D eigenvalue weighted by molar-refractivity contribution is 5.95. The summed E-state index contributed by atoms with van der Waals surface area (Å²) >= 11 is 0. The molecule has 4 rings (SSSR count). The van der Waals surface area contributed by atoms with Crippen molar-refractivity contribution in [3.05, 3.63) is 29.8 Å². The zero-order valence-electron chi connectivity index (χ0n) is 15.6. The van der Waals surface area contributed by atoms with Gasteiger partial charge >= 0.3 is 0 Å². The van der Waals surface area contributed by atoms with Crippen molar-refractivity contribution in [2.45, 2.75) is 32.6 Å². The second kappa shape index (κ2) is 7.39. The second-order valence-electron chi connectivity index (χ2n) is 7.96. The molecule has 0 bridgehead atoms. The van der Waals surface area contributed by atoms with Crippen molar-refractivity contribution in [3.63, 3.8) is 0 Å². The summed E-state index contributed by atoms with van der Waals surface area (Å²) in [6, 6.07) is 7.77. The maximum Gasteiger partial charge on any atom is 0.228 e. The van der Waals surface area contributed by atoms with E-state index < -0.39 is 0 Å². The predicted molar refractivity (Wildman–Crippen MR) is 102 cm³/mol. The van der Waals surface area contributed by atoms with Crippen molar-refractivity contribution in [3.8, 4) is 0 Å². The van der Waals surface area contributed by atoms with E-state index in [2.05, 4.69) is 17.1 Å². The number of carbonyl (C=O) groups excluding carboxylic acids is 2. The van der Waals surface area contributed by atoms with E-state index in [4.69, 9.17) is 0 Å². The van der Waals surface area contributed by atoms with Crippen molar-refractivity contribution in [2.75, 3.05) is 38.0 Å². The van der Waals surface area contributed by atoms with Crippen LogP contribution in [0.1, 0.15) is 31.7 Å². The first-order valence-corrected chi connectivity index (χ1v) is 10.1. The summed E-state index contributed by atoms with van der Waals surface area (Å²) in [5, 5.41) is 3.05. The number of likely N-dealkylation sites (N-methyl/N-ethyl adjacent to an activating group) is 1. The van der Waals surface area contributed by atoms with Crippen LogP contribution in [0, 0.1) is 17.8 Å². The van der Waals surface area contributed by atoms with Gasteiger partial charge in [-0.15, -0.1) is 0 Å². The molecule has 1 aliphatic heterocycles. The van der Waals surface area contributed by atoms with Crippen LogP contribution in [0.25, 0.3) is 0 Å². The lowest BCUT2D eigenvalue weighted by Crippen LogP contribution is -2.48. The largest absolute Gasteiger partial charge is 0.340 e. The van der Waals surface area contributed by atoms with Gasteiger partial charge in [0.25, 0.3) is 0 Å². The van der Waals surface area contributed by atoms with Crippen LogP contribution in [0.15, 0.2) is 24.3 Å². The first kappa shape index (κ1) is 17.5. The number of amides is 2. The molecular formula is C21H29N3O2. The molecule has 3 aliphatic rings. The summed E-state index contributed by atoms with van der Waals surface area (Å²) < 4.78 is 0. The lowest BCUT2D eigenvalue weighted by Gasteiger charge is -2.34. The molecule has 0 aromatic heterocycles. The zero-order chi connectivity index (χ0) is 18.1. The Morgan fingerprint density at radius 2 is 1.69 bits per heavy atom. The summed E-state index contributed by atoms with van der Waals surface area (Å²) in [5.41, 5.74) is 1.85. The highest BCUT2D eigenvalue weighted by Gasteiger charge is 2.56. The molecule has 140 valence electrons. The fourth-order valence-electron chi connectivity index (χ4n) is 4.74. The Hall–Kier alpha value is -1.88. The van der Waals surface area contributed by atoms with Crippen molar-refractivity contribution < 1.29 is 9.59 Å². The Bertz CT molecular complexity index is 654. The number of nitrogens with zero attached hydrogens (tertiary/aromatic N) is 2. The predicted octanol–water partition coefficient (Wildman–Crippen LogP) is 2.38. The number of nitrogens with one attached hydrogen (secondary N) is 1. The van der Waals surface area contributed by atoms with Gasteiger partial charge in [0.15, 0.2) is 0 Å². The summed E-state index contributed by atoms with van der Waals surface area (Å²) in [4.78, 5) is 29.1. The quantitative estimate of drug-likeness (QED) is 0.882. The van der Waals surface area contributed by atoms with Crippen molar-refractivity contribution in [1.29, 1.82) is 0 Å². The van der Waals surface area contributed by atoms with E-state index in [1.165, 1.54) is 19.3 Å². The van der Waals surface area contributed by atoms with Crippen LogP contribution in [0.4, 0.5) is 5.69 Å². The van der Waals surface area contributed by atoms with Crippen LogP contribution in [0.2, 0.25) is 0 Å². The van der Waals surface area contributed by atoms with E-state index in [0.29, 0.717) is 18.3 Å². The topological polar surface area (TPSA) is 52.6 Å². The van der Waals surface area contributed by atoms with Gasteiger partial charge in [0.1, 0.15) is 0 Å². The third kappa shape index (κ3) is 3.63. The van der Waals surface area contributed by atoms with Crippen molar-refractivity contribution in [2.24, 2.45) is 17.8 Å². The molecule has 2 saturated carbocycles. The first-order valence-electron chi connectivity index (χ1n) is 10.1. The van der Waals surface area contributed by atoms with Gasteiger partial charge in [0, 0.05) is 37.8 Å². The molecule has 2 atom stereocenters. The Labute approximate surface area is 155 Å². The summed E-state index contributed by atoms with van der Waals surface area (Å²) in [6.07, 6.45) is 4.16. The van der Waals surface area contributed by atoms with Crippen molar-refractivity contribution in [1.82, 2.24) is 9.80 Å². The van der Waals surface area contributed by atoms with Crippen LogP contribution >= 0.6 is 0 Å². The Morgan fingerprint density at radius 1 is 1.04 bits per heavy atom. The second-order valence-corrected chi connectivity index (χ2v) is 7.96. The van der Waals surface area contributed by atoms with Crippen LogP contribution in [-0.2, 0) is 16.0 Å². The van der Waals surface area contributed by atoms with Crippen LogP contribution in [-0.4, -0.2) is 54.3 Å². The third-order valence-corrected chi connectivity index (χ3v) is 6.46. The molecule has 0 radical (unpaired) electrons. The maximum atomic E-state index is 12.5. The van der Waals surface area contributed by atoms with E-state index in [1.54, 1.807) is 0 Å². The van der Waals surface area contributed by atoms with Gasteiger partial charge in [-0.05, 0) is 48.9 Å². The number of carbonyl (C=O) groups is 2. The monoisotopic (exact) mass is 355 g/mol. The van der Waals surface area contributed by atoms with Crippen LogP contribution in [0.3, 0.4) is 0 Å². The molecule has 1 aromatic carbocycles. The fourth-order valence-corrected chi connectivity index (χ4v) is 4.74. The Balaban J connectivity index is 1.26. The lowest BCUT2D eigenvalue weighted by atomic mass is 10.1. The average molecular weight is 355 g/mol. The van der Waals surface area contributed by atoms with E-state index >= 15 is 0 Å². The molecule has 0 spiro atoms. The minimum Gasteiger partial charge on any atom is -0.340 e. The lowest BCUT2D eigenvalue weighted by molar-refractivity contribution is -0.132. The zero-order valence-corrected chi connectivity index (χ0v) is 15.6. The molecule has 2 unspecified atom stereocenters. The molecule has 3 fully saturated rings. The van der Waals surface area contributed by atoms with Gasteiger partial charge < -0.3 is 15.1 Å². The molecular weight excluding hydrogens is 326 g/mol. The number of benzene rings is 1. The Kier molecular flexibility index (Phi) is 4.98. The van der Waals surface area contributed by atoms with Crippen LogP contribution in [0.5, 0.6) is 0 Å². The molecule has 5 nitrogen and oxygen atoms in total. The minimum atomic E-state index is 0.178. The molecule has 26 heavy (non-hydrogen) atoms. The smallest absolute Gasteiger partial charge is 0.228 e. The summed E-state index contributed by atoms with van der Waals surface area (Å²) in [5.74, 6) is 1.90. The number of anilines is 1. The highest BCUT2D eigenvalue weighted by atomic mass is 16.2. The van der Waals surface area contributed by atoms with Crippen molar-refractivity contribution >= 4 is 17.5 Å². The number of hydrogen-bond acceptors (Lipinski definition) is 3. The number of fused-ring (bicyclic) bond motifs is 1. The van der Waals surface area contributed by atoms with Gasteiger partial charge in [-0.1, -0.05) is 25.5 Å². The number of piperazine rings is 1. The Morgan fingerprint density at radius 3 is 2.31 bits per heavy atom. The van der Waals surface area contributed by atoms with E-state index in [9.17, 15) is 9.59 Å². The molecule has 1 saturated heterocycles. The van der Waals surface area contributed by atoms with E-state index in [0.717, 1.165) is 44.0 Å². The molecule has 1 heterocycles. The van der Waals surface area contributed by atoms with E-state index in [-0.39, 0.29) is 17.7 Å². The SMILES string of the molecule is CCN1CCN(C(=O)Cc2ccc(NC(=O)C3C4CCCC43)cc2)CC1. The van der Waals surface area contributed by atoms with Crippen LogP contribution < -0.4 is 5.32 Å². The third-order valence-electron chi connectivity index (χ3n) is 6.46. The molecule has 1 aromatic rings. The number of rotatable bonds is 5. The highest BCUT2D eigenvalue weighted by Crippen LogP contribution is 2.57. The number of hydrogen-bond donors (Lipinski definition) is 1. The average Bonchev–Trinajstić information content (AvgIpc) is 3.16. The molecule has 5 heteroatoms. The fraction of sp³-hybridized carbons (Fsp3) is 0.619. The maximum absolute atomic E-state index is 12.5. The summed E-state index contributed by atoms with van der Waals surface area (Å²) in [6.45, 7) is 6.80. The van der Waals surface area contributed by atoms with Gasteiger partial charge in [-0.25, -0.2) is 0 Å². The molecule has 1 N–H and O–H groups in total. The van der Waals surface area contributed by atoms with Gasteiger partial charge in [-0.2, -0.15) is 0 Å². The van der Waals surface area contributed by atoms with Gasteiger partial charge in [0.2, 0.25) is 11.8 Å². The van der Waals surface area contributed by atoms with Gasteiger partial charge in [0.05, 0.1) is 6.42 Å². The van der Waals surface area contributed by atoms with Gasteiger partial charge in [-0.3, -0.25) is 9.59 Å². The summed E-state index contributed by atoms with van der Waals surface area (Å²) in [7, 11) is 0. The molecule has 2 amide bonds. The van der Waals surface area contributed by atoms with E-state index in [1.807, 2.05) is 29.2 Å². The first-order chi connectivity index (χ1) is 12.7.